The van der Waals surface area contributed by atoms with Gasteiger partial charge in [-0.25, -0.2) is 0 Å². The van der Waals surface area contributed by atoms with E-state index < -0.39 is 0 Å². The number of amides is 2. The number of benzene rings is 2. The summed E-state index contributed by atoms with van der Waals surface area (Å²) in [4.78, 5) is 26.7. The molecule has 1 aromatic heterocycles. The van der Waals surface area contributed by atoms with Crippen LogP contribution in [0.1, 0.15) is 11.3 Å². The van der Waals surface area contributed by atoms with Crippen molar-refractivity contribution in [3.8, 4) is 11.5 Å². The van der Waals surface area contributed by atoms with Crippen LogP contribution in [-0.4, -0.2) is 49.1 Å². The molecule has 0 radical (unpaired) electrons. The molecule has 2 N–H and O–H groups in total. The first kappa shape index (κ1) is 20.3. The third-order valence-corrected chi connectivity index (χ3v) is 4.58. The van der Waals surface area contributed by atoms with Gasteiger partial charge in [0.15, 0.2) is 11.5 Å². The number of rotatable bonds is 6. The van der Waals surface area contributed by atoms with Gasteiger partial charge in [0.05, 0.1) is 6.54 Å². The second-order valence-electron chi connectivity index (χ2n) is 6.75. The molecule has 152 valence electrons. The SMILES string of the molecule is Cc1[nH]c2ccccc2c1CCNC(=O)CN(C)C=O.c1ccc2c(c1)OCO2. The molecule has 1 aliphatic heterocycles. The van der Waals surface area contributed by atoms with Crippen molar-refractivity contribution in [2.24, 2.45) is 0 Å². The maximum absolute atomic E-state index is 11.6. The molecule has 3 aromatic rings. The molecule has 1 aliphatic rings. The lowest BCUT2D eigenvalue weighted by atomic mass is 10.1. The molecule has 2 heterocycles. The van der Waals surface area contributed by atoms with Gasteiger partial charge >= 0.3 is 0 Å². The Balaban J connectivity index is 0.000000220. The molecular weight excluding hydrogens is 370 g/mol. The van der Waals surface area contributed by atoms with E-state index in [1.54, 1.807) is 7.05 Å². The van der Waals surface area contributed by atoms with Gasteiger partial charge in [-0.05, 0) is 37.1 Å². The highest BCUT2D eigenvalue weighted by atomic mass is 16.7. The van der Waals surface area contributed by atoms with Gasteiger partial charge in [-0.15, -0.1) is 0 Å². The van der Waals surface area contributed by atoms with E-state index in [4.69, 9.17) is 9.47 Å². The maximum Gasteiger partial charge on any atom is 0.239 e. The van der Waals surface area contributed by atoms with Crippen LogP contribution in [0.2, 0.25) is 0 Å². The zero-order valence-electron chi connectivity index (χ0n) is 16.6. The van der Waals surface area contributed by atoms with Crippen LogP contribution in [0.3, 0.4) is 0 Å². The average Bonchev–Trinajstić information content (AvgIpc) is 3.32. The number of nitrogens with one attached hydrogen (secondary N) is 2. The van der Waals surface area contributed by atoms with Gasteiger partial charge in [0.1, 0.15) is 0 Å². The summed E-state index contributed by atoms with van der Waals surface area (Å²) in [6, 6.07) is 15.8. The van der Waals surface area contributed by atoms with E-state index in [0.29, 0.717) is 19.7 Å². The zero-order chi connectivity index (χ0) is 20.6. The standard InChI is InChI=1S/C15H19N3O2.C7H6O2/c1-11-12(13-5-3-4-6-14(13)17-11)7-8-16-15(20)9-18(2)10-19;1-2-4-7-6(3-1)8-5-9-7/h3-6,10,17H,7-9H2,1-2H3,(H,16,20);1-4H,5H2. The van der Waals surface area contributed by atoms with Crippen LogP contribution in [0, 0.1) is 6.92 Å². The van der Waals surface area contributed by atoms with E-state index in [1.807, 2.05) is 49.4 Å². The monoisotopic (exact) mass is 395 g/mol. The second kappa shape index (κ2) is 9.64. The number of carbonyl (C=O) groups excluding carboxylic acids is 2. The van der Waals surface area contributed by atoms with Gasteiger partial charge in [-0.3, -0.25) is 9.59 Å². The first-order valence-electron chi connectivity index (χ1n) is 9.41. The minimum atomic E-state index is -0.142. The minimum Gasteiger partial charge on any atom is -0.454 e. The molecule has 0 atom stereocenters. The third-order valence-electron chi connectivity index (χ3n) is 4.58. The molecule has 0 saturated heterocycles. The number of aromatic nitrogens is 1. The number of hydrogen-bond acceptors (Lipinski definition) is 4. The highest BCUT2D eigenvalue weighted by Crippen LogP contribution is 2.30. The molecule has 2 aromatic carbocycles. The molecule has 0 saturated carbocycles. The van der Waals surface area contributed by atoms with Crippen LogP contribution in [0.4, 0.5) is 0 Å². The number of aryl methyl sites for hydroxylation is 1. The smallest absolute Gasteiger partial charge is 0.239 e. The van der Waals surface area contributed by atoms with E-state index in [2.05, 4.69) is 16.4 Å². The predicted octanol–water partition coefficient (Wildman–Crippen LogP) is 2.64. The fourth-order valence-corrected chi connectivity index (χ4v) is 3.15. The highest BCUT2D eigenvalue weighted by molar-refractivity contribution is 5.84. The number of para-hydroxylation sites is 3. The quantitative estimate of drug-likeness (QED) is 0.629. The van der Waals surface area contributed by atoms with E-state index in [0.717, 1.165) is 29.1 Å². The summed E-state index contributed by atoms with van der Waals surface area (Å²) in [5.41, 5.74) is 3.47. The Morgan fingerprint density at radius 1 is 1.14 bits per heavy atom. The van der Waals surface area contributed by atoms with Crippen molar-refractivity contribution in [3.05, 3.63) is 59.8 Å². The highest BCUT2D eigenvalue weighted by Gasteiger charge is 2.10. The van der Waals surface area contributed by atoms with E-state index in [9.17, 15) is 9.59 Å². The molecular formula is C22H25N3O4. The number of fused-ring (bicyclic) bond motifs is 2. The molecule has 0 fully saturated rings. The Morgan fingerprint density at radius 2 is 1.79 bits per heavy atom. The molecule has 2 amide bonds. The van der Waals surface area contributed by atoms with Gasteiger partial charge in [-0.1, -0.05) is 30.3 Å². The number of hydrogen-bond donors (Lipinski definition) is 2. The maximum atomic E-state index is 11.6. The summed E-state index contributed by atoms with van der Waals surface area (Å²) in [7, 11) is 1.58. The summed E-state index contributed by atoms with van der Waals surface area (Å²) in [5, 5.41) is 4.02. The number of H-pyrrole nitrogens is 1. The summed E-state index contributed by atoms with van der Waals surface area (Å²) >= 11 is 0. The lowest BCUT2D eigenvalue weighted by molar-refractivity contribution is -0.127. The molecule has 29 heavy (non-hydrogen) atoms. The van der Waals surface area contributed by atoms with Crippen molar-refractivity contribution in [1.82, 2.24) is 15.2 Å². The Hall–Kier alpha value is -3.48. The summed E-state index contributed by atoms with van der Waals surface area (Å²) in [6.07, 6.45) is 1.41. The van der Waals surface area contributed by atoms with Crippen molar-refractivity contribution in [3.63, 3.8) is 0 Å². The molecule has 7 nitrogen and oxygen atoms in total. The van der Waals surface area contributed by atoms with Crippen LogP contribution in [0.15, 0.2) is 48.5 Å². The molecule has 0 spiro atoms. The first-order valence-corrected chi connectivity index (χ1v) is 9.41. The minimum absolute atomic E-state index is 0.0936. The lowest BCUT2D eigenvalue weighted by Crippen LogP contribution is -2.35. The number of ether oxygens (including phenoxy) is 2. The van der Waals surface area contributed by atoms with Gasteiger partial charge in [-0.2, -0.15) is 0 Å². The van der Waals surface area contributed by atoms with Gasteiger partial charge in [0, 0.05) is 30.2 Å². The van der Waals surface area contributed by atoms with Crippen LogP contribution in [0.5, 0.6) is 11.5 Å². The Bertz CT molecular complexity index is 960. The van der Waals surface area contributed by atoms with Crippen LogP contribution < -0.4 is 14.8 Å². The molecule has 4 rings (SSSR count). The number of aromatic amines is 1. The van der Waals surface area contributed by atoms with Crippen LogP contribution in [-0.2, 0) is 16.0 Å². The lowest BCUT2D eigenvalue weighted by Gasteiger charge is -2.10. The Morgan fingerprint density at radius 3 is 2.48 bits per heavy atom. The Labute approximate surface area is 169 Å². The van der Waals surface area contributed by atoms with E-state index >= 15 is 0 Å². The number of nitrogens with zero attached hydrogens (tertiary/aromatic N) is 1. The normalized spacial score (nSPS) is 11.5. The number of likely N-dealkylation sites (N-methyl/N-ethyl adjacent to an activating group) is 1. The fourth-order valence-electron chi connectivity index (χ4n) is 3.15. The largest absolute Gasteiger partial charge is 0.454 e. The molecule has 0 unspecified atom stereocenters. The van der Waals surface area contributed by atoms with Crippen molar-refractivity contribution >= 4 is 23.2 Å². The topological polar surface area (TPSA) is 83.7 Å². The fraction of sp³-hybridized carbons (Fsp3) is 0.273. The van der Waals surface area contributed by atoms with E-state index in [-0.39, 0.29) is 12.5 Å². The van der Waals surface area contributed by atoms with Crippen LogP contribution >= 0.6 is 0 Å². The molecule has 7 heteroatoms. The van der Waals surface area contributed by atoms with Gasteiger partial charge < -0.3 is 24.7 Å². The average molecular weight is 395 g/mol. The summed E-state index contributed by atoms with van der Waals surface area (Å²) in [5.74, 6) is 1.55. The zero-order valence-corrected chi connectivity index (χ0v) is 16.6. The van der Waals surface area contributed by atoms with Gasteiger partial charge in [0.25, 0.3) is 0 Å². The first-order chi connectivity index (χ1) is 14.1. The van der Waals surface area contributed by atoms with E-state index in [1.165, 1.54) is 15.8 Å². The summed E-state index contributed by atoms with van der Waals surface area (Å²) in [6.45, 7) is 3.06. The van der Waals surface area contributed by atoms with Crippen molar-refractivity contribution in [2.45, 2.75) is 13.3 Å². The predicted molar refractivity (Wildman–Crippen MR) is 111 cm³/mol. The molecule has 0 aliphatic carbocycles. The van der Waals surface area contributed by atoms with Gasteiger partial charge in [0.2, 0.25) is 19.1 Å². The van der Waals surface area contributed by atoms with Crippen LogP contribution in [0.25, 0.3) is 10.9 Å². The summed E-state index contributed by atoms with van der Waals surface area (Å²) < 4.78 is 10.2. The third kappa shape index (κ3) is 5.28. The van der Waals surface area contributed by atoms with Crippen molar-refractivity contribution in [1.29, 1.82) is 0 Å². The second-order valence-corrected chi connectivity index (χ2v) is 6.75. The molecule has 0 bridgehead atoms. The number of carbonyl (C=O) groups is 2. The Kier molecular flexibility index (Phi) is 6.73. The van der Waals surface area contributed by atoms with Crippen molar-refractivity contribution < 1.29 is 19.1 Å². The van der Waals surface area contributed by atoms with Crippen molar-refractivity contribution in [2.75, 3.05) is 26.9 Å².